The van der Waals surface area contributed by atoms with E-state index in [0.717, 1.165) is 25.0 Å². The Kier molecular flexibility index (Phi) is 3.36. The number of urea groups is 1. The van der Waals surface area contributed by atoms with Gasteiger partial charge in [0.05, 0.1) is 10.6 Å². The second-order valence-electron chi connectivity index (χ2n) is 4.49. The fourth-order valence-corrected chi connectivity index (χ4v) is 2.76. The number of nitrogens with two attached hydrogens (primary N) is 1. The van der Waals surface area contributed by atoms with E-state index in [4.69, 9.17) is 5.73 Å². The van der Waals surface area contributed by atoms with Crippen LogP contribution in [0.15, 0.2) is 17.0 Å². The summed E-state index contributed by atoms with van der Waals surface area (Å²) in [4.78, 5) is 11.2. The summed E-state index contributed by atoms with van der Waals surface area (Å²) in [5.74, 6) is -0.695. The third-order valence-electron chi connectivity index (χ3n) is 2.72. The lowest BCUT2D eigenvalue weighted by atomic mass is 10.2. The Balaban J connectivity index is 2.23. The maximum atomic E-state index is 13.2. The molecular formula is C11H14FN3O3S. The zero-order valence-electron chi connectivity index (χ0n) is 10.2. The summed E-state index contributed by atoms with van der Waals surface area (Å²) in [6.07, 6.45) is 1.69. The molecule has 1 fully saturated rings. The van der Waals surface area contributed by atoms with Gasteiger partial charge in [-0.05, 0) is 37.5 Å². The van der Waals surface area contributed by atoms with Gasteiger partial charge in [0, 0.05) is 6.04 Å². The number of halogens is 1. The maximum Gasteiger partial charge on any atom is 0.328 e. The Morgan fingerprint density at radius 1 is 1.42 bits per heavy atom. The second-order valence-corrected chi connectivity index (χ2v) is 6.14. The van der Waals surface area contributed by atoms with Crippen LogP contribution in [0.1, 0.15) is 18.4 Å². The number of amides is 2. The molecular weight excluding hydrogens is 273 g/mol. The van der Waals surface area contributed by atoms with Crippen LogP contribution in [0.5, 0.6) is 0 Å². The van der Waals surface area contributed by atoms with E-state index in [0.29, 0.717) is 0 Å². The minimum Gasteiger partial charge on any atom is -0.396 e. The van der Waals surface area contributed by atoms with Crippen LogP contribution in [0.3, 0.4) is 0 Å². The smallest absolute Gasteiger partial charge is 0.328 e. The summed E-state index contributed by atoms with van der Waals surface area (Å²) in [5.41, 5.74) is 5.24. The van der Waals surface area contributed by atoms with Crippen molar-refractivity contribution >= 4 is 21.7 Å². The number of nitrogen functional groups attached to an aromatic ring is 1. The highest BCUT2D eigenvalue weighted by molar-refractivity contribution is 7.90. The van der Waals surface area contributed by atoms with E-state index in [1.54, 1.807) is 0 Å². The van der Waals surface area contributed by atoms with Crippen molar-refractivity contribution in [3.63, 3.8) is 0 Å². The first-order valence-corrected chi connectivity index (χ1v) is 7.17. The molecule has 0 unspecified atom stereocenters. The maximum absolute atomic E-state index is 13.2. The molecule has 0 aliphatic heterocycles. The number of nitrogens with one attached hydrogen (secondary N) is 2. The van der Waals surface area contributed by atoms with Gasteiger partial charge in [0.2, 0.25) is 0 Å². The number of benzene rings is 1. The van der Waals surface area contributed by atoms with E-state index in [1.807, 2.05) is 4.72 Å². The van der Waals surface area contributed by atoms with Crippen LogP contribution in [0.4, 0.5) is 14.9 Å². The third kappa shape index (κ3) is 3.14. The topological polar surface area (TPSA) is 101 Å². The van der Waals surface area contributed by atoms with Gasteiger partial charge in [0.15, 0.2) is 0 Å². The lowest BCUT2D eigenvalue weighted by molar-refractivity contribution is 0.245. The summed E-state index contributed by atoms with van der Waals surface area (Å²) in [5, 5.41) is 2.49. The van der Waals surface area contributed by atoms with E-state index >= 15 is 0 Å². The highest BCUT2D eigenvalue weighted by Gasteiger charge is 2.26. The fourth-order valence-electron chi connectivity index (χ4n) is 1.58. The van der Waals surface area contributed by atoms with Crippen LogP contribution in [-0.2, 0) is 10.0 Å². The predicted molar refractivity (Wildman–Crippen MR) is 67.4 cm³/mol. The monoisotopic (exact) mass is 287 g/mol. The summed E-state index contributed by atoms with van der Waals surface area (Å²) in [6, 6.07) is 1.26. The van der Waals surface area contributed by atoms with Crippen LogP contribution in [0, 0.1) is 12.7 Å². The summed E-state index contributed by atoms with van der Waals surface area (Å²) in [7, 11) is -4.06. The van der Waals surface area contributed by atoms with Crippen molar-refractivity contribution in [2.45, 2.75) is 30.7 Å². The molecule has 1 aromatic carbocycles. The molecule has 0 atom stereocenters. The molecule has 2 rings (SSSR count). The van der Waals surface area contributed by atoms with Crippen LogP contribution in [0.2, 0.25) is 0 Å². The molecule has 6 nitrogen and oxygen atoms in total. The Morgan fingerprint density at radius 3 is 2.63 bits per heavy atom. The normalized spacial score (nSPS) is 15.1. The minimum atomic E-state index is -4.06. The molecule has 1 saturated carbocycles. The number of hydrogen-bond acceptors (Lipinski definition) is 4. The van der Waals surface area contributed by atoms with Gasteiger partial charge in [-0.3, -0.25) is 0 Å². The highest BCUT2D eigenvalue weighted by atomic mass is 32.2. The van der Waals surface area contributed by atoms with Crippen molar-refractivity contribution in [1.29, 1.82) is 0 Å². The van der Waals surface area contributed by atoms with Crippen LogP contribution in [-0.4, -0.2) is 20.5 Å². The van der Waals surface area contributed by atoms with E-state index in [-0.39, 0.29) is 22.2 Å². The molecule has 4 N–H and O–H groups in total. The number of carbonyl (C=O) groups is 1. The van der Waals surface area contributed by atoms with Gasteiger partial charge in [-0.25, -0.2) is 22.3 Å². The molecule has 0 saturated heterocycles. The molecule has 19 heavy (non-hydrogen) atoms. The van der Waals surface area contributed by atoms with Crippen LogP contribution >= 0.6 is 0 Å². The molecule has 0 radical (unpaired) electrons. The number of anilines is 1. The van der Waals surface area contributed by atoms with Crippen molar-refractivity contribution in [1.82, 2.24) is 10.0 Å². The molecule has 0 bridgehead atoms. The first-order chi connectivity index (χ1) is 8.79. The molecule has 1 aliphatic rings. The SMILES string of the molecule is Cc1cc(F)c(N)cc1S(=O)(=O)NC(=O)NC1CC1. The average molecular weight is 287 g/mol. The Labute approximate surface area is 110 Å². The highest BCUT2D eigenvalue weighted by Crippen LogP contribution is 2.22. The van der Waals surface area contributed by atoms with Gasteiger partial charge < -0.3 is 11.1 Å². The largest absolute Gasteiger partial charge is 0.396 e. The standard InChI is InChI=1S/C11H14FN3O3S/c1-6-4-8(12)9(13)5-10(6)19(17,18)15-11(16)14-7-2-3-7/h4-5,7H,2-3,13H2,1H3,(H2,14,15,16). The summed E-state index contributed by atoms with van der Waals surface area (Å²) >= 11 is 0. The molecule has 104 valence electrons. The molecule has 2 amide bonds. The molecule has 0 spiro atoms. The zero-order chi connectivity index (χ0) is 14.2. The first kappa shape index (κ1) is 13.6. The molecule has 0 heterocycles. The Hall–Kier alpha value is -1.83. The zero-order valence-corrected chi connectivity index (χ0v) is 11.1. The summed E-state index contributed by atoms with van der Waals surface area (Å²) < 4.78 is 39.0. The van der Waals surface area contributed by atoms with E-state index in [9.17, 15) is 17.6 Å². The van der Waals surface area contributed by atoms with E-state index < -0.39 is 21.9 Å². The number of carbonyl (C=O) groups excluding carboxylic acids is 1. The first-order valence-electron chi connectivity index (χ1n) is 5.68. The van der Waals surface area contributed by atoms with Crippen LogP contribution in [0.25, 0.3) is 0 Å². The van der Waals surface area contributed by atoms with Crippen molar-refractivity contribution in [3.8, 4) is 0 Å². The number of aryl methyl sites for hydroxylation is 1. The molecule has 1 aliphatic carbocycles. The lowest BCUT2D eigenvalue weighted by Crippen LogP contribution is -2.40. The molecule has 8 heteroatoms. The van der Waals surface area contributed by atoms with Gasteiger partial charge in [0.1, 0.15) is 5.82 Å². The van der Waals surface area contributed by atoms with Crippen molar-refractivity contribution < 1.29 is 17.6 Å². The quantitative estimate of drug-likeness (QED) is 0.718. The van der Waals surface area contributed by atoms with Gasteiger partial charge in [-0.2, -0.15) is 0 Å². The third-order valence-corrected chi connectivity index (χ3v) is 4.20. The number of hydrogen-bond donors (Lipinski definition) is 3. The number of sulfonamides is 1. The predicted octanol–water partition coefficient (Wildman–Crippen LogP) is 0.867. The lowest BCUT2D eigenvalue weighted by Gasteiger charge is -2.11. The van der Waals surface area contributed by atoms with Gasteiger partial charge in [-0.15, -0.1) is 0 Å². The van der Waals surface area contributed by atoms with Gasteiger partial charge >= 0.3 is 6.03 Å². The van der Waals surface area contributed by atoms with Crippen molar-refractivity contribution in [2.24, 2.45) is 0 Å². The fraction of sp³-hybridized carbons (Fsp3) is 0.364. The van der Waals surface area contributed by atoms with Crippen LogP contribution < -0.4 is 15.8 Å². The average Bonchev–Trinajstić information content (AvgIpc) is 3.05. The van der Waals surface area contributed by atoms with E-state index in [2.05, 4.69) is 5.32 Å². The Bertz CT molecular complexity index is 626. The van der Waals surface area contributed by atoms with Crippen molar-refractivity contribution in [2.75, 3.05) is 5.73 Å². The minimum absolute atomic E-state index is 0.0367. The Morgan fingerprint density at radius 2 is 2.05 bits per heavy atom. The second kappa shape index (κ2) is 4.69. The summed E-state index contributed by atoms with van der Waals surface area (Å²) in [6.45, 7) is 1.43. The van der Waals surface area contributed by atoms with E-state index in [1.165, 1.54) is 6.92 Å². The van der Waals surface area contributed by atoms with Gasteiger partial charge in [0.25, 0.3) is 10.0 Å². The number of rotatable bonds is 3. The van der Waals surface area contributed by atoms with Gasteiger partial charge in [-0.1, -0.05) is 0 Å². The van der Waals surface area contributed by atoms with Crippen molar-refractivity contribution in [3.05, 3.63) is 23.5 Å². The molecule has 0 aromatic heterocycles. The molecule has 1 aromatic rings.